The standard InChI is InChI=1S/C11H12O6/c1-2-8(12)16-11-5-6(4-9(13)17-11)3-7(11)10(14)15/h2,6-7H,1,3-5H2,(H,14,15). The van der Waals surface area contributed by atoms with Crippen LogP contribution in [0.25, 0.3) is 0 Å². The summed E-state index contributed by atoms with van der Waals surface area (Å²) in [5.74, 6) is -5.18. The molecule has 0 radical (unpaired) electrons. The van der Waals surface area contributed by atoms with Crippen molar-refractivity contribution >= 4 is 17.9 Å². The van der Waals surface area contributed by atoms with E-state index in [1.165, 1.54) is 0 Å². The molecule has 0 aromatic carbocycles. The summed E-state index contributed by atoms with van der Waals surface area (Å²) in [5.41, 5.74) is 0. The van der Waals surface area contributed by atoms with Gasteiger partial charge in [0.2, 0.25) is 0 Å². The lowest BCUT2D eigenvalue weighted by Gasteiger charge is -2.34. The minimum Gasteiger partial charge on any atom is -0.481 e. The molecule has 1 heterocycles. The van der Waals surface area contributed by atoms with Gasteiger partial charge >= 0.3 is 17.9 Å². The van der Waals surface area contributed by atoms with Crippen molar-refractivity contribution in [1.29, 1.82) is 0 Å². The second-order valence-electron chi connectivity index (χ2n) is 4.31. The molecule has 0 aromatic rings. The first-order valence-corrected chi connectivity index (χ1v) is 5.27. The third-order valence-electron chi connectivity index (χ3n) is 3.15. The van der Waals surface area contributed by atoms with Crippen molar-refractivity contribution in [2.75, 3.05) is 0 Å². The maximum atomic E-state index is 11.3. The maximum absolute atomic E-state index is 11.3. The molecule has 1 aliphatic heterocycles. The first-order chi connectivity index (χ1) is 7.97. The minimum absolute atomic E-state index is 0.102. The smallest absolute Gasteiger partial charge is 0.333 e. The average molecular weight is 240 g/mol. The molecule has 0 spiro atoms. The summed E-state index contributed by atoms with van der Waals surface area (Å²) in [4.78, 5) is 33.7. The Bertz CT molecular complexity index is 401. The molecule has 0 amide bonds. The van der Waals surface area contributed by atoms with Gasteiger partial charge < -0.3 is 14.6 Å². The van der Waals surface area contributed by atoms with E-state index in [1.807, 2.05) is 0 Å². The Kier molecular flexibility index (Phi) is 2.65. The Morgan fingerprint density at radius 1 is 1.59 bits per heavy atom. The molecular weight excluding hydrogens is 228 g/mol. The van der Waals surface area contributed by atoms with E-state index in [1.54, 1.807) is 0 Å². The zero-order valence-corrected chi connectivity index (χ0v) is 9.05. The van der Waals surface area contributed by atoms with Gasteiger partial charge in [-0.05, 0) is 12.3 Å². The van der Waals surface area contributed by atoms with Crippen LogP contribution in [0.5, 0.6) is 0 Å². The van der Waals surface area contributed by atoms with Crippen LogP contribution in [-0.4, -0.2) is 28.8 Å². The number of esters is 2. The van der Waals surface area contributed by atoms with Crippen LogP contribution in [0.3, 0.4) is 0 Å². The highest BCUT2D eigenvalue weighted by Crippen LogP contribution is 2.48. The second kappa shape index (κ2) is 3.87. The molecule has 6 nitrogen and oxygen atoms in total. The lowest BCUT2D eigenvalue weighted by Crippen LogP contribution is -2.47. The first-order valence-electron chi connectivity index (χ1n) is 5.27. The van der Waals surface area contributed by atoms with Gasteiger partial charge in [-0.1, -0.05) is 6.58 Å². The van der Waals surface area contributed by atoms with Crippen molar-refractivity contribution < 1.29 is 29.0 Å². The van der Waals surface area contributed by atoms with Crippen molar-refractivity contribution in [3.05, 3.63) is 12.7 Å². The average Bonchev–Trinajstić information content (AvgIpc) is 2.49. The van der Waals surface area contributed by atoms with Crippen LogP contribution in [0.2, 0.25) is 0 Å². The number of rotatable bonds is 3. The van der Waals surface area contributed by atoms with Crippen LogP contribution < -0.4 is 0 Å². The van der Waals surface area contributed by atoms with E-state index in [4.69, 9.17) is 14.6 Å². The zero-order valence-electron chi connectivity index (χ0n) is 9.05. The summed E-state index contributed by atoms with van der Waals surface area (Å²) in [6.45, 7) is 3.23. The largest absolute Gasteiger partial charge is 0.481 e. The van der Waals surface area contributed by atoms with E-state index >= 15 is 0 Å². The molecule has 2 rings (SSSR count). The Hall–Kier alpha value is -1.85. The number of hydrogen-bond donors (Lipinski definition) is 1. The number of hydrogen-bond acceptors (Lipinski definition) is 5. The molecule has 2 fully saturated rings. The molecule has 1 N–H and O–H groups in total. The van der Waals surface area contributed by atoms with Crippen molar-refractivity contribution in [2.45, 2.75) is 25.0 Å². The predicted octanol–water partition coefficient (Wildman–Crippen LogP) is 0.470. The van der Waals surface area contributed by atoms with Crippen LogP contribution in [0.1, 0.15) is 19.3 Å². The van der Waals surface area contributed by atoms with Crippen molar-refractivity contribution in [3.63, 3.8) is 0 Å². The van der Waals surface area contributed by atoms with Gasteiger partial charge in [-0.25, -0.2) is 4.79 Å². The predicted molar refractivity (Wildman–Crippen MR) is 53.6 cm³/mol. The van der Waals surface area contributed by atoms with Crippen molar-refractivity contribution in [3.8, 4) is 0 Å². The van der Waals surface area contributed by atoms with Gasteiger partial charge in [-0.3, -0.25) is 9.59 Å². The third-order valence-corrected chi connectivity index (χ3v) is 3.15. The van der Waals surface area contributed by atoms with E-state index in [-0.39, 0.29) is 25.2 Å². The highest BCUT2D eigenvalue weighted by molar-refractivity contribution is 5.83. The fraction of sp³-hybridized carbons (Fsp3) is 0.545. The van der Waals surface area contributed by atoms with Gasteiger partial charge in [0, 0.05) is 18.9 Å². The summed E-state index contributed by atoms with van der Waals surface area (Å²) in [6, 6.07) is 0. The molecule has 1 saturated heterocycles. The highest BCUT2D eigenvalue weighted by Gasteiger charge is 2.60. The summed E-state index contributed by atoms with van der Waals surface area (Å²) in [5, 5.41) is 9.09. The number of fused-ring (bicyclic) bond motifs is 2. The summed E-state index contributed by atoms with van der Waals surface area (Å²) in [7, 11) is 0. The van der Waals surface area contributed by atoms with E-state index in [2.05, 4.69) is 6.58 Å². The monoisotopic (exact) mass is 240 g/mol. The number of carbonyl (C=O) groups is 3. The van der Waals surface area contributed by atoms with Gasteiger partial charge in [0.25, 0.3) is 5.79 Å². The number of carboxylic acid groups (broad SMARTS) is 1. The number of carboxylic acids is 1. The fourth-order valence-corrected chi connectivity index (χ4v) is 2.51. The Labute approximate surface area is 97.2 Å². The number of aliphatic carboxylic acids is 1. The molecule has 3 unspecified atom stereocenters. The SMILES string of the molecule is C=CC(=O)OC12CC(CC(=O)O1)CC2C(=O)O. The second-order valence-corrected chi connectivity index (χ2v) is 4.31. The third kappa shape index (κ3) is 1.90. The van der Waals surface area contributed by atoms with Crippen LogP contribution in [0, 0.1) is 11.8 Å². The van der Waals surface area contributed by atoms with Crippen LogP contribution >= 0.6 is 0 Å². The van der Waals surface area contributed by atoms with Gasteiger partial charge in [0.05, 0.1) is 0 Å². The molecule has 2 bridgehead atoms. The summed E-state index contributed by atoms with van der Waals surface area (Å²) < 4.78 is 9.98. The van der Waals surface area contributed by atoms with Crippen LogP contribution in [0.4, 0.5) is 0 Å². The first kappa shape index (κ1) is 11.6. The van der Waals surface area contributed by atoms with Gasteiger partial charge in [-0.2, -0.15) is 0 Å². The number of ether oxygens (including phenoxy) is 2. The summed E-state index contributed by atoms with van der Waals surface area (Å²) in [6.07, 6.45) is 1.63. The molecule has 92 valence electrons. The molecule has 6 heteroatoms. The fourth-order valence-electron chi connectivity index (χ4n) is 2.51. The van der Waals surface area contributed by atoms with E-state index in [0.717, 1.165) is 6.08 Å². The molecule has 0 aromatic heterocycles. The lowest BCUT2D eigenvalue weighted by molar-refractivity contribution is -0.245. The highest BCUT2D eigenvalue weighted by atomic mass is 16.7. The van der Waals surface area contributed by atoms with Crippen molar-refractivity contribution in [2.24, 2.45) is 11.8 Å². The Morgan fingerprint density at radius 2 is 2.29 bits per heavy atom. The van der Waals surface area contributed by atoms with Crippen LogP contribution in [0.15, 0.2) is 12.7 Å². The normalized spacial score (nSPS) is 34.9. The molecule has 2 aliphatic rings. The van der Waals surface area contributed by atoms with E-state index < -0.39 is 29.6 Å². The molecule has 1 aliphatic carbocycles. The van der Waals surface area contributed by atoms with Gasteiger partial charge in [0.15, 0.2) is 0 Å². The van der Waals surface area contributed by atoms with Gasteiger partial charge in [0.1, 0.15) is 5.92 Å². The zero-order chi connectivity index (χ0) is 12.6. The number of carbonyl (C=O) groups excluding carboxylic acids is 2. The lowest BCUT2D eigenvalue weighted by atomic mass is 10.0. The quantitative estimate of drug-likeness (QED) is 0.569. The topological polar surface area (TPSA) is 89.9 Å². The molecular formula is C11H12O6. The molecule has 3 atom stereocenters. The van der Waals surface area contributed by atoms with Crippen LogP contribution in [-0.2, 0) is 23.9 Å². The van der Waals surface area contributed by atoms with E-state index in [9.17, 15) is 14.4 Å². The van der Waals surface area contributed by atoms with Crippen molar-refractivity contribution in [1.82, 2.24) is 0 Å². The summed E-state index contributed by atoms with van der Waals surface area (Å²) >= 11 is 0. The molecule has 17 heavy (non-hydrogen) atoms. The van der Waals surface area contributed by atoms with Gasteiger partial charge in [-0.15, -0.1) is 0 Å². The maximum Gasteiger partial charge on any atom is 0.333 e. The Morgan fingerprint density at radius 3 is 2.88 bits per heavy atom. The Balaban J connectivity index is 2.30. The van der Waals surface area contributed by atoms with E-state index in [0.29, 0.717) is 0 Å². The molecule has 1 saturated carbocycles. The minimum atomic E-state index is -1.64.